The summed E-state index contributed by atoms with van der Waals surface area (Å²) in [4.78, 5) is 23.4. The van der Waals surface area contributed by atoms with Gasteiger partial charge < -0.3 is 14.8 Å². The highest BCUT2D eigenvalue weighted by Crippen LogP contribution is 2.20. The molecule has 0 atom stereocenters. The van der Waals surface area contributed by atoms with Crippen molar-refractivity contribution in [2.24, 2.45) is 0 Å². The first-order valence-electron chi connectivity index (χ1n) is 7.04. The van der Waals surface area contributed by atoms with Crippen molar-refractivity contribution in [3.05, 3.63) is 58.1 Å². The lowest BCUT2D eigenvalue weighted by molar-refractivity contribution is -0.149. The van der Waals surface area contributed by atoms with Gasteiger partial charge in [0.2, 0.25) is 0 Å². The number of amides is 1. The van der Waals surface area contributed by atoms with Gasteiger partial charge in [-0.25, -0.2) is 4.79 Å². The zero-order valence-corrected chi connectivity index (χ0v) is 14.4. The Labute approximate surface area is 149 Å². The first-order chi connectivity index (χ1) is 11.4. The van der Waals surface area contributed by atoms with Crippen LogP contribution in [0.4, 0.5) is 5.69 Å². The highest BCUT2D eigenvalue weighted by Gasteiger charge is 2.10. The number of esters is 1. The lowest BCUT2D eigenvalue weighted by Crippen LogP contribution is -2.24. The zero-order valence-electron chi connectivity index (χ0n) is 12.8. The second kappa shape index (κ2) is 8.57. The largest absolute Gasteiger partial charge is 0.482 e. The number of ether oxygens (including phenoxy) is 2. The van der Waals surface area contributed by atoms with Crippen molar-refractivity contribution in [1.82, 2.24) is 0 Å². The molecule has 5 nitrogen and oxygen atoms in total. The number of carbonyl (C=O) groups excluding carboxylic acids is 2. The Balaban J connectivity index is 1.77. The lowest BCUT2D eigenvalue weighted by Gasteiger charge is -2.10. The Morgan fingerprint density at radius 3 is 2.54 bits per heavy atom. The molecule has 126 valence electrons. The Morgan fingerprint density at radius 2 is 1.79 bits per heavy atom. The van der Waals surface area contributed by atoms with Gasteiger partial charge in [0.05, 0.1) is 0 Å². The fourth-order valence-electron chi connectivity index (χ4n) is 1.80. The molecule has 0 heterocycles. The van der Waals surface area contributed by atoms with E-state index >= 15 is 0 Å². The number of anilines is 1. The van der Waals surface area contributed by atoms with Crippen LogP contribution in [0.15, 0.2) is 42.5 Å². The van der Waals surface area contributed by atoms with Crippen LogP contribution in [0.1, 0.15) is 5.56 Å². The maximum Gasteiger partial charge on any atom is 0.344 e. The van der Waals surface area contributed by atoms with E-state index in [0.717, 1.165) is 5.56 Å². The second-order valence-corrected chi connectivity index (χ2v) is 5.79. The van der Waals surface area contributed by atoms with Gasteiger partial charge in [0.25, 0.3) is 5.91 Å². The fourth-order valence-corrected chi connectivity index (χ4v) is 2.15. The monoisotopic (exact) mass is 367 g/mol. The summed E-state index contributed by atoms with van der Waals surface area (Å²) < 4.78 is 10.1. The van der Waals surface area contributed by atoms with Gasteiger partial charge in [-0.1, -0.05) is 35.3 Å². The van der Waals surface area contributed by atoms with E-state index in [9.17, 15) is 9.59 Å². The van der Waals surface area contributed by atoms with E-state index in [1.54, 1.807) is 42.5 Å². The fraction of sp³-hybridized carbons (Fsp3) is 0.176. The first-order valence-corrected chi connectivity index (χ1v) is 7.79. The van der Waals surface area contributed by atoms with E-state index in [4.69, 9.17) is 32.7 Å². The molecule has 0 aliphatic rings. The highest BCUT2D eigenvalue weighted by atomic mass is 35.5. The molecule has 2 aromatic carbocycles. The molecule has 0 saturated heterocycles. The van der Waals surface area contributed by atoms with Crippen LogP contribution in [-0.4, -0.2) is 25.1 Å². The molecule has 24 heavy (non-hydrogen) atoms. The second-order valence-electron chi connectivity index (χ2n) is 4.91. The summed E-state index contributed by atoms with van der Waals surface area (Å²) in [5.41, 5.74) is 1.42. The van der Waals surface area contributed by atoms with E-state index in [2.05, 4.69) is 5.32 Å². The van der Waals surface area contributed by atoms with Crippen molar-refractivity contribution >= 4 is 40.8 Å². The van der Waals surface area contributed by atoms with Crippen molar-refractivity contribution in [3.63, 3.8) is 0 Å². The summed E-state index contributed by atoms with van der Waals surface area (Å²) in [7, 11) is 0. The van der Waals surface area contributed by atoms with Gasteiger partial charge in [0.1, 0.15) is 5.75 Å². The van der Waals surface area contributed by atoms with E-state index in [1.165, 1.54) is 0 Å². The van der Waals surface area contributed by atoms with E-state index in [0.29, 0.717) is 21.5 Å². The van der Waals surface area contributed by atoms with E-state index in [-0.39, 0.29) is 6.61 Å². The molecule has 2 aromatic rings. The van der Waals surface area contributed by atoms with Crippen LogP contribution in [0.3, 0.4) is 0 Å². The van der Waals surface area contributed by atoms with Crippen LogP contribution in [0.2, 0.25) is 10.0 Å². The molecule has 0 spiro atoms. The number of hydrogen-bond donors (Lipinski definition) is 1. The van der Waals surface area contributed by atoms with Crippen molar-refractivity contribution in [2.45, 2.75) is 6.92 Å². The van der Waals surface area contributed by atoms with Crippen molar-refractivity contribution in [3.8, 4) is 5.75 Å². The Kier molecular flexibility index (Phi) is 6.46. The maximum atomic E-state index is 11.8. The predicted octanol–water partition coefficient (Wildman–Crippen LogP) is 3.86. The normalized spacial score (nSPS) is 10.1. The third kappa shape index (κ3) is 5.76. The summed E-state index contributed by atoms with van der Waals surface area (Å²) in [5, 5.41) is 3.63. The quantitative estimate of drug-likeness (QED) is 0.787. The SMILES string of the molecule is Cc1ccc(Cl)cc1NC(=O)COC(=O)COc1cccc(Cl)c1. The van der Waals surface area contributed by atoms with Gasteiger partial charge >= 0.3 is 5.97 Å². The molecule has 0 aliphatic carbocycles. The average molecular weight is 368 g/mol. The molecule has 0 aliphatic heterocycles. The summed E-state index contributed by atoms with van der Waals surface area (Å²) in [6, 6.07) is 11.7. The third-order valence-corrected chi connectivity index (χ3v) is 3.46. The zero-order chi connectivity index (χ0) is 17.5. The summed E-state index contributed by atoms with van der Waals surface area (Å²) in [6.45, 7) is 1.10. The van der Waals surface area contributed by atoms with Gasteiger partial charge in [-0.3, -0.25) is 4.79 Å². The van der Waals surface area contributed by atoms with Crippen LogP contribution >= 0.6 is 23.2 Å². The summed E-state index contributed by atoms with van der Waals surface area (Å²) in [6.07, 6.45) is 0. The predicted molar refractivity (Wildman–Crippen MR) is 92.7 cm³/mol. The molecular weight excluding hydrogens is 353 g/mol. The lowest BCUT2D eigenvalue weighted by atomic mass is 10.2. The van der Waals surface area contributed by atoms with Crippen LogP contribution in [-0.2, 0) is 14.3 Å². The minimum absolute atomic E-state index is 0.316. The molecule has 2 rings (SSSR count). The molecule has 0 saturated carbocycles. The molecule has 0 unspecified atom stereocenters. The molecule has 0 fully saturated rings. The number of aryl methyl sites for hydroxylation is 1. The Hall–Kier alpha value is -2.24. The van der Waals surface area contributed by atoms with Crippen molar-refractivity contribution in [1.29, 1.82) is 0 Å². The third-order valence-electron chi connectivity index (χ3n) is 2.99. The van der Waals surface area contributed by atoms with Gasteiger partial charge in [-0.15, -0.1) is 0 Å². The number of benzene rings is 2. The summed E-state index contributed by atoms with van der Waals surface area (Å²) in [5.74, 6) is -0.678. The maximum absolute atomic E-state index is 11.8. The smallest absolute Gasteiger partial charge is 0.344 e. The number of carbonyl (C=O) groups is 2. The van der Waals surface area contributed by atoms with Gasteiger partial charge in [-0.05, 0) is 42.8 Å². The molecule has 0 radical (unpaired) electrons. The van der Waals surface area contributed by atoms with Gasteiger partial charge in [-0.2, -0.15) is 0 Å². The van der Waals surface area contributed by atoms with Gasteiger partial charge in [0.15, 0.2) is 13.2 Å². The van der Waals surface area contributed by atoms with E-state index in [1.807, 2.05) is 6.92 Å². The molecule has 7 heteroatoms. The van der Waals surface area contributed by atoms with Crippen LogP contribution in [0, 0.1) is 6.92 Å². The highest BCUT2D eigenvalue weighted by molar-refractivity contribution is 6.31. The van der Waals surface area contributed by atoms with Crippen molar-refractivity contribution < 1.29 is 19.1 Å². The van der Waals surface area contributed by atoms with Crippen LogP contribution < -0.4 is 10.1 Å². The summed E-state index contributed by atoms with van der Waals surface area (Å²) >= 11 is 11.7. The number of rotatable bonds is 6. The minimum atomic E-state index is -0.659. The first kappa shape index (κ1) is 18.1. The molecule has 0 bridgehead atoms. The number of hydrogen-bond acceptors (Lipinski definition) is 4. The van der Waals surface area contributed by atoms with Crippen LogP contribution in [0.5, 0.6) is 5.75 Å². The molecule has 1 N–H and O–H groups in total. The van der Waals surface area contributed by atoms with E-state index < -0.39 is 18.5 Å². The number of halogens is 2. The van der Waals surface area contributed by atoms with Crippen molar-refractivity contribution in [2.75, 3.05) is 18.5 Å². The van der Waals surface area contributed by atoms with Gasteiger partial charge in [0, 0.05) is 15.7 Å². The molecule has 1 amide bonds. The molecular formula is C17H15Cl2NO4. The standard InChI is InChI=1S/C17H15Cl2NO4/c1-11-5-6-13(19)8-15(11)20-16(21)9-24-17(22)10-23-14-4-2-3-12(18)7-14/h2-8H,9-10H2,1H3,(H,20,21). The topological polar surface area (TPSA) is 64.6 Å². The number of nitrogens with one attached hydrogen (secondary N) is 1. The Morgan fingerprint density at radius 1 is 1.04 bits per heavy atom. The van der Waals surface area contributed by atoms with Crippen LogP contribution in [0.25, 0.3) is 0 Å². The molecule has 0 aromatic heterocycles. The average Bonchev–Trinajstić information content (AvgIpc) is 2.54. The minimum Gasteiger partial charge on any atom is -0.482 e. The Bertz CT molecular complexity index is 749.